The monoisotopic (exact) mass is 317 g/mol. The molecule has 1 atom stereocenters. The number of likely N-dealkylation sites (tertiary alicyclic amines) is 1. The number of piperidine rings is 1. The van der Waals surface area contributed by atoms with Crippen molar-refractivity contribution < 1.29 is 18.7 Å². The zero-order chi connectivity index (χ0) is 16.4. The molecule has 1 amide bonds. The van der Waals surface area contributed by atoms with Gasteiger partial charge < -0.3 is 14.4 Å². The second-order valence-corrected chi connectivity index (χ2v) is 6.02. The number of aryl methyl sites for hydroxylation is 1. The normalized spacial score (nSPS) is 17.3. The van der Waals surface area contributed by atoms with Gasteiger partial charge in [-0.2, -0.15) is 0 Å². The van der Waals surface area contributed by atoms with Crippen molar-refractivity contribution in [3.05, 3.63) is 59.3 Å². The molecule has 2 heterocycles. The van der Waals surface area contributed by atoms with Gasteiger partial charge in [-0.05, 0) is 49.4 Å². The number of carbonyl (C=O) groups is 1. The van der Waals surface area contributed by atoms with Crippen LogP contribution < -0.4 is 0 Å². The number of furan rings is 1. The Kier molecular flexibility index (Phi) is 4.48. The number of carbonyl (C=O) groups excluding carboxylic acids is 1. The number of nitrogens with zero attached hydrogens (tertiary/aromatic N) is 1. The van der Waals surface area contributed by atoms with E-state index < -0.39 is 6.10 Å². The van der Waals surface area contributed by atoms with Gasteiger partial charge in [0, 0.05) is 13.1 Å². The number of halogens is 1. The van der Waals surface area contributed by atoms with Crippen LogP contribution in [0.25, 0.3) is 0 Å². The minimum atomic E-state index is -0.622. The molecule has 0 unspecified atom stereocenters. The lowest BCUT2D eigenvalue weighted by molar-refractivity contribution is 0.0461. The maximum atomic E-state index is 13.0. The molecule has 1 saturated heterocycles. The first-order valence-electron chi connectivity index (χ1n) is 7.83. The van der Waals surface area contributed by atoms with Crippen LogP contribution in [0.2, 0.25) is 0 Å². The molecule has 1 aliphatic rings. The lowest BCUT2D eigenvalue weighted by Crippen LogP contribution is -2.39. The summed E-state index contributed by atoms with van der Waals surface area (Å²) in [5.74, 6) is 0.376. The highest BCUT2D eigenvalue weighted by Crippen LogP contribution is 2.31. The third kappa shape index (κ3) is 3.29. The van der Waals surface area contributed by atoms with E-state index in [1.165, 1.54) is 18.4 Å². The standard InChI is InChI=1S/C18H20FNO3/c1-12-16(8-11-23-12)18(22)20-9-6-14(7-10-20)17(21)13-2-4-15(19)5-3-13/h2-5,8,11,14,17,21H,6-7,9-10H2,1H3/t17-/m1/s1. The van der Waals surface area contributed by atoms with E-state index in [9.17, 15) is 14.3 Å². The summed E-state index contributed by atoms with van der Waals surface area (Å²) >= 11 is 0. The first-order chi connectivity index (χ1) is 11.1. The largest absolute Gasteiger partial charge is 0.469 e. The van der Waals surface area contributed by atoms with Gasteiger partial charge in [0.25, 0.3) is 5.91 Å². The Balaban J connectivity index is 1.61. The van der Waals surface area contributed by atoms with E-state index in [1.807, 2.05) is 0 Å². The Labute approximate surface area is 134 Å². The molecule has 0 radical (unpaired) electrons. The van der Waals surface area contributed by atoms with Gasteiger partial charge in [-0.25, -0.2) is 4.39 Å². The Hall–Kier alpha value is -2.14. The van der Waals surface area contributed by atoms with Crippen LogP contribution in [0.1, 0.15) is 40.6 Å². The highest BCUT2D eigenvalue weighted by Gasteiger charge is 2.29. The van der Waals surface area contributed by atoms with Gasteiger partial charge in [0.15, 0.2) is 0 Å². The Morgan fingerprint density at radius 1 is 1.26 bits per heavy atom. The summed E-state index contributed by atoms with van der Waals surface area (Å²) in [6.07, 6.45) is 2.35. The molecular weight excluding hydrogens is 297 g/mol. The first kappa shape index (κ1) is 15.7. The van der Waals surface area contributed by atoms with Crippen LogP contribution in [-0.2, 0) is 0 Å². The van der Waals surface area contributed by atoms with Gasteiger partial charge in [0.1, 0.15) is 11.6 Å². The second-order valence-electron chi connectivity index (χ2n) is 6.02. The third-order valence-corrected chi connectivity index (χ3v) is 4.57. The van der Waals surface area contributed by atoms with Gasteiger partial charge in [-0.1, -0.05) is 12.1 Å². The van der Waals surface area contributed by atoms with Crippen molar-refractivity contribution in [3.63, 3.8) is 0 Å². The number of benzene rings is 1. The second kappa shape index (κ2) is 6.54. The summed E-state index contributed by atoms with van der Waals surface area (Å²) in [5.41, 5.74) is 1.32. The molecule has 0 spiro atoms. The maximum Gasteiger partial charge on any atom is 0.257 e. The number of hydrogen-bond donors (Lipinski definition) is 1. The van der Waals surface area contributed by atoms with E-state index in [4.69, 9.17) is 4.42 Å². The molecule has 1 fully saturated rings. The molecule has 23 heavy (non-hydrogen) atoms. The van der Waals surface area contributed by atoms with Gasteiger partial charge in [0.2, 0.25) is 0 Å². The molecule has 0 saturated carbocycles. The summed E-state index contributed by atoms with van der Waals surface area (Å²) < 4.78 is 18.2. The fourth-order valence-electron chi connectivity index (χ4n) is 3.13. The molecule has 3 rings (SSSR count). The molecule has 5 heteroatoms. The maximum absolute atomic E-state index is 13.0. The van der Waals surface area contributed by atoms with Crippen molar-refractivity contribution in [3.8, 4) is 0 Å². The molecule has 4 nitrogen and oxygen atoms in total. The Morgan fingerprint density at radius 3 is 2.48 bits per heavy atom. The van der Waals surface area contributed by atoms with Crippen LogP contribution in [0, 0.1) is 18.7 Å². The molecule has 1 aliphatic heterocycles. The van der Waals surface area contributed by atoms with E-state index >= 15 is 0 Å². The smallest absolute Gasteiger partial charge is 0.257 e. The average molecular weight is 317 g/mol. The van der Waals surface area contributed by atoms with Crippen molar-refractivity contribution in [2.24, 2.45) is 5.92 Å². The minimum Gasteiger partial charge on any atom is -0.469 e. The first-order valence-corrected chi connectivity index (χ1v) is 7.83. The molecule has 1 aromatic heterocycles. The van der Waals surface area contributed by atoms with Crippen molar-refractivity contribution >= 4 is 5.91 Å². The van der Waals surface area contributed by atoms with E-state index in [1.54, 1.807) is 30.0 Å². The lowest BCUT2D eigenvalue weighted by atomic mass is 9.87. The number of hydrogen-bond acceptors (Lipinski definition) is 3. The average Bonchev–Trinajstić information content (AvgIpc) is 3.00. The van der Waals surface area contributed by atoms with Crippen molar-refractivity contribution in [2.75, 3.05) is 13.1 Å². The van der Waals surface area contributed by atoms with Crippen molar-refractivity contribution in [1.82, 2.24) is 4.90 Å². The lowest BCUT2D eigenvalue weighted by Gasteiger charge is -2.34. The van der Waals surface area contributed by atoms with Crippen molar-refractivity contribution in [2.45, 2.75) is 25.9 Å². The predicted octanol–water partition coefficient (Wildman–Crippen LogP) is 3.31. The molecular formula is C18H20FNO3. The SMILES string of the molecule is Cc1occc1C(=O)N1CCC([C@H](O)c2ccc(F)cc2)CC1. The summed E-state index contributed by atoms with van der Waals surface area (Å²) in [4.78, 5) is 14.2. The van der Waals surface area contributed by atoms with Gasteiger partial charge in [0.05, 0.1) is 17.9 Å². The van der Waals surface area contributed by atoms with Crippen LogP contribution in [-0.4, -0.2) is 29.0 Å². The van der Waals surface area contributed by atoms with E-state index in [0.717, 1.165) is 18.4 Å². The quantitative estimate of drug-likeness (QED) is 0.945. The molecule has 1 aromatic carbocycles. The van der Waals surface area contributed by atoms with Crippen LogP contribution >= 0.6 is 0 Å². The fraction of sp³-hybridized carbons (Fsp3) is 0.389. The van der Waals surface area contributed by atoms with Crippen LogP contribution in [0.3, 0.4) is 0 Å². The predicted molar refractivity (Wildman–Crippen MR) is 83.4 cm³/mol. The number of amides is 1. The fourth-order valence-corrected chi connectivity index (χ4v) is 3.13. The highest BCUT2D eigenvalue weighted by molar-refractivity contribution is 5.95. The van der Waals surface area contributed by atoms with Crippen molar-refractivity contribution in [1.29, 1.82) is 0 Å². The molecule has 2 aromatic rings. The zero-order valence-corrected chi connectivity index (χ0v) is 13.0. The van der Waals surface area contributed by atoms with E-state index in [-0.39, 0.29) is 17.6 Å². The van der Waals surface area contributed by atoms with E-state index in [0.29, 0.717) is 24.4 Å². The molecule has 0 aliphatic carbocycles. The number of rotatable bonds is 3. The van der Waals surface area contributed by atoms with Gasteiger partial charge >= 0.3 is 0 Å². The highest BCUT2D eigenvalue weighted by atomic mass is 19.1. The minimum absolute atomic E-state index is 0.0222. The van der Waals surface area contributed by atoms with Gasteiger partial charge in [-0.3, -0.25) is 4.79 Å². The Morgan fingerprint density at radius 2 is 1.91 bits per heavy atom. The van der Waals surface area contributed by atoms with Gasteiger partial charge in [-0.15, -0.1) is 0 Å². The van der Waals surface area contributed by atoms with E-state index in [2.05, 4.69) is 0 Å². The van der Waals surface area contributed by atoms with Crippen LogP contribution in [0.5, 0.6) is 0 Å². The summed E-state index contributed by atoms with van der Waals surface area (Å²) in [6, 6.07) is 7.65. The molecule has 122 valence electrons. The topological polar surface area (TPSA) is 53.7 Å². The summed E-state index contributed by atoms with van der Waals surface area (Å²) in [7, 11) is 0. The Bertz CT molecular complexity index is 672. The van der Waals surface area contributed by atoms with Crippen LogP contribution in [0.15, 0.2) is 41.0 Å². The number of aliphatic hydroxyl groups excluding tert-OH is 1. The van der Waals surface area contributed by atoms with Crippen LogP contribution in [0.4, 0.5) is 4.39 Å². The summed E-state index contributed by atoms with van der Waals surface area (Å²) in [6.45, 7) is 2.98. The molecule has 1 N–H and O–H groups in total. The summed E-state index contributed by atoms with van der Waals surface area (Å²) in [5, 5.41) is 10.4. The third-order valence-electron chi connectivity index (χ3n) is 4.57. The number of aliphatic hydroxyl groups is 1. The molecule has 0 bridgehead atoms. The zero-order valence-electron chi connectivity index (χ0n) is 13.0.